The monoisotopic (exact) mass is 282 g/mol. The molecule has 1 aromatic rings. The Morgan fingerprint density at radius 2 is 2.11 bits per heavy atom. The van der Waals surface area contributed by atoms with E-state index in [0.29, 0.717) is 23.7 Å². The minimum absolute atomic E-state index is 0.240. The van der Waals surface area contributed by atoms with E-state index in [1.807, 2.05) is 6.92 Å². The highest BCUT2D eigenvalue weighted by atomic mass is 35.5. The highest BCUT2D eigenvalue weighted by Crippen LogP contribution is 2.37. The van der Waals surface area contributed by atoms with Crippen molar-refractivity contribution in [1.29, 1.82) is 0 Å². The Morgan fingerprint density at radius 3 is 2.74 bits per heavy atom. The molecule has 1 aromatic heterocycles. The van der Waals surface area contributed by atoms with E-state index in [0.717, 1.165) is 0 Å². The van der Waals surface area contributed by atoms with Gasteiger partial charge < -0.3 is 10.4 Å². The molecular weight excluding hydrogens is 268 g/mol. The summed E-state index contributed by atoms with van der Waals surface area (Å²) >= 11 is 5.80. The molecule has 1 aliphatic rings. The van der Waals surface area contributed by atoms with Crippen LogP contribution in [0.1, 0.15) is 19.8 Å². The molecule has 1 saturated carbocycles. The van der Waals surface area contributed by atoms with E-state index in [-0.39, 0.29) is 11.8 Å². The summed E-state index contributed by atoms with van der Waals surface area (Å²) < 4.78 is 0. The van der Waals surface area contributed by atoms with Gasteiger partial charge in [-0.05, 0) is 30.9 Å². The number of aromatic nitrogens is 1. The molecule has 19 heavy (non-hydrogen) atoms. The van der Waals surface area contributed by atoms with E-state index in [2.05, 4.69) is 10.3 Å². The number of carbonyl (C=O) groups excluding carboxylic acids is 1. The molecule has 0 saturated heterocycles. The van der Waals surface area contributed by atoms with Gasteiger partial charge in [-0.1, -0.05) is 18.5 Å². The lowest BCUT2D eigenvalue weighted by atomic mass is 9.95. The fourth-order valence-electron chi connectivity index (χ4n) is 2.55. The van der Waals surface area contributed by atoms with E-state index >= 15 is 0 Å². The molecule has 1 heterocycles. The number of anilines is 1. The average molecular weight is 283 g/mol. The SMILES string of the molecule is CC1CC(C(=O)O)C(C(=O)Nc2cc(Cl)ccn2)C1. The van der Waals surface area contributed by atoms with Crippen LogP contribution in [0.4, 0.5) is 5.82 Å². The highest BCUT2D eigenvalue weighted by molar-refractivity contribution is 6.30. The predicted molar refractivity (Wildman–Crippen MR) is 70.9 cm³/mol. The number of amides is 1. The predicted octanol–water partition coefficient (Wildman–Crippen LogP) is 2.42. The molecule has 1 amide bonds. The van der Waals surface area contributed by atoms with Crippen LogP contribution in [0, 0.1) is 17.8 Å². The number of pyridine rings is 1. The molecule has 0 aromatic carbocycles. The first-order valence-corrected chi connectivity index (χ1v) is 6.50. The van der Waals surface area contributed by atoms with Crippen molar-refractivity contribution in [3.63, 3.8) is 0 Å². The van der Waals surface area contributed by atoms with Crippen LogP contribution in [0.2, 0.25) is 5.02 Å². The molecule has 0 bridgehead atoms. The van der Waals surface area contributed by atoms with E-state index in [4.69, 9.17) is 16.7 Å². The highest BCUT2D eigenvalue weighted by Gasteiger charge is 2.41. The van der Waals surface area contributed by atoms with Crippen molar-refractivity contribution in [2.75, 3.05) is 5.32 Å². The number of hydrogen-bond acceptors (Lipinski definition) is 3. The molecule has 1 fully saturated rings. The van der Waals surface area contributed by atoms with Crippen molar-refractivity contribution in [3.05, 3.63) is 23.4 Å². The molecule has 0 spiro atoms. The minimum atomic E-state index is -0.913. The standard InChI is InChI=1S/C13H15ClN2O3/c1-7-4-9(10(5-7)13(18)19)12(17)16-11-6-8(14)2-3-15-11/h2-3,6-7,9-10H,4-5H2,1H3,(H,18,19)(H,15,16,17). The van der Waals surface area contributed by atoms with Gasteiger partial charge in [0.15, 0.2) is 0 Å². The molecule has 2 N–H and O–H groups in total. The van der Waals surface area contributed by atoms with Gasteiger partial charge >= 0.3 is 5.97 Å². The van der Waals surface area contributed by atoms with Gasteiger partial charge in [0.2, 0.25) is 5.91 Å². The number of aliphatic carboxylic acids is 1. The largest absolute Gasteiger partial charge is 0.481 e. The van der Waals surface area contributed by atoms with Crippen LogP contribution in [-0.2, 0) is 9.59 Å². The quantitative estimate of drug-likeness (QED) is 0.892. The van der Waals surface area contributed by atoms with Gasteiger partial charge in [0.25, 0.3) is 0 Å². The maximum Gasteiger partial charge on any atom is 0.307 e. The van der Waals surface area contributed by atoms with Gasteiger partial charge in [0, 0.05) is 11.2 Å². The lowest BCUT2D eigenvalue weighted by Gasteiger charge is -2.15. The van der Waals surface area contributed by atoms with Crippen molar-refractivity contribution < 1.29 is 14.7 Å². The number of nitrogens with zero attached hydrogens (tertiary/aromatic N) is 1. The van der Waals surface area contributed by atoms with Crippen molar-refractivity contribution in [2.45, 2.75) is 19.8 Å². The second-order valence-electron chi connectivity index (χ2n) is 4.98. The van der Waals surface area contributed by atoms with E-state index in [1.54, 1.807) is 6.07 Å². The molecule has 1 aliphatic carbocycles. The molecule has 3 unspecified atom stereocenters. The molecular formula is C13H15ClN2O3. The lowest BCUT2D eigenvalue weighted by Crippen LogP contribution is -2.30. The van der Waals surface area contributed by atoms with Crippen LogP contribution in [-0.4, -0.2) is 22.0 Å². The molecule has 5 nitrogen and oxygen atoms in total. The van der Waals surface area contributed by atoms with Gasteiger partial charge in [-0.3, -0.25) is 9.59 Å². The van der Waals surface area contributed by atoms with E-state index in [1.165, 1.54) is 12.3 Å². The summed E-state index contributed by atoms with van der Waals surface area (Å²) in [6.45, 7) is 1.96. The topological polar surface area (TPSA) is 79.3 Å². The van der Waals surface area contributed by atoms with Crippen LogP contribution in [0.3, 0.4) is 0 Å². The third-order valence-electron chi connectivity index (χ3n) is 3.43. The Labute approximate surface area is 116 Å². The summed E-state index contributed by atoms with van der Waals surface area (Å²) in [4.78, 5) is 27.3. The van der Waals surface area contributed by atoms with Crippen molar-refractivity contribution >= 4 is 29.3 Å². The second kappa shape index (κ2) is 5.57. The zero-order valence-electron chi connectivity index (χ0n) is 10.5. The normalized spacial score (nSPS) is 26.1. The van der Waals surface area contributed by atoms with Crippen LogP contribution in [0.5, 0.6) is 0 Å². The smallest absolute Gasteiger partial charge is 0.307 e. The third kappa shape index (κ3) is 3.23. The van der Waals surface area contributed by atoms with Crippen molar-refractivity contribution in [2.24, 2.45) is 17.8 Å². The molecule has 0 aliphatic heterocycles. The maximum absolute atomic E-state index is 12.1. The minimum Gasteiger partial charge on any atom is -0.481 e. The molecule has 6 heteroatoms. The van der Waals surface area contributed by atoms with Crippen molar-refractivity contribution in [3.8, 4) is 0 Å². The summed E-state index contributed by atoms with van der Waals surface area (Å²) in [7, 11) is 0. The number of nitrogens with one attached hydrogen (secondary N) is 1. The number of halogens is 1. The van der Waals surface area contributed by atoms with Gasteiger partial charge in [-0.15, -0.1) is 0 Å². The van der Waals surface area contributed by atoms with Gasteiger partial charge in [-0.2, -0.15) is 0 Å². The zero-order valence-corrected chi connectivity index (χ0v) is 11.2. The van der Waals surface area contributed by atoms with Gasteiger partial charge in [-0.25, -0.2) is 4.98 Å². The van der Waals surface area contributed by atoms with E-state index in [9.17, 15) is 9.59 Å². The number of carboxylic acid groups (broad SMARTS) is 1. The van der Waals surface area contributed by atoms with Gasteiger partial charge in [0.1, 0.15) is 5.82 Å². The van der Waals surface area contributed by atoms with Crippen LogP contribution in [0.25, 0.3) is 0 Å². The number of carboxylic acids is 1. The zero-order chi connectivity index (χ0) is 14.0. The summed E-state index contributed by atoms with van der Waals surface area (Å²) in [6.07, 6.45) is 2.61. The first-order chi connectivity index (χ1) is 8.97. The first kappa shape index (κ1) is 13.8. The lowest BCUT2D eigenvalue weighted by molar-refractivity contribution is -0.145. The van der Waals surface area contributed by atoms with Crippen LogP contribution in [0.15, 0.2) is 18.3 Å². The Morgan fingerprint density at radius 1 is 1.42 bits per heavy atom. The first-order valence-electron chi connectivity index (χ1n) is 6.12. The third-order valence-corrected chi connectivity index (χ3v) is 3.66. The molecule has 102 valence electrons. The summed E-state index contributed by atoms with van der Waals surface area (Å²) in [5.41, 5.74) is 0. The van der Waals surface area contributed by atoms with Gasteiger partial charge in [0.05, 0.1) is 11.8 Å². The Balaban J connectivity index is 2.09. The Kier molecular flexibility index (Phi) is 4.04. The number of carbonyl (C=O) groups is 2. The Bertz CT molecular complexity index is 506. The van der Waals surface area contributed by atoms with E-state index < -0.39 is 17.8 Å². The number of hydrogen-bond donors (Lipinski definition) is 2. The molecule has 2 rings (SSSR count). The molecule has 3 atom stereocenters. The number of rotatable bonds is 3. The molecule has 0 radical (unpaired) electrons. The summed E-state index contributed by atoms with van der Waals surface area (Å²) in [5.74, 6) is -1.75. The average Bonchev–Trinajstić information content (AvgIpc) is 2.71. The van der Waals surface area contributed by atoms with Crippen molar-refractivity contribution in [1.82, 2.24) is 4.98 Å². The second-order valence-corrected chi connectivity index (χ2v) is 5.41. The van der Waals surface area contributed by atoms with Crippen LogP contribution >= 0.6 is 11.6 Å². The fraction of sp³-hybridized carbons (Fsp3) is 0.462. The van der Waals surface area contributed by atoms with Crippen LogP contribution < -0.4 is 5.32 Å². The maximum atomic E-state index is 12.1. The Hall–Kier alpha value is -1.62. The summed E-state index contributed by atoms with van der Waals surface area (Å²) in [6, 6.07) is 3.14. The summed E-state index contributed by atoms with van der Waals surface area (Å²) in [5, 5.41) is 12.2. The fourth-order valence-corrected chi connectivity index (χ4v) is 2.71.